The lowest BCUT2D eigenvalue weighted by atomic mass is 10.1. The normalized spacial score (nSPS) is 19.2. The van der Waals surface area contributed by atoms with Gasteiger partial charge in [0.15, 0.2) is 0 Å². The second-order valence-corrected chi connectivity index (χ2v) is 5.65. The van der Waals surface area contributed by atoms with Crippen LogP contribution in [0.25, 0.3) is 0 Å². The van der Waals surface area contributed by atoms with Gasteiger partial charge in [-0.25, -0.2) is 0 Å². The van der Waals surface area contributed by atoms with Crippen LogP contribution in [-0.4, -0.2) is 25.8 Å². The Morgan fingerprint density at radius 2 is 2.15 bits per heavy atom. The number of rotatable bonds is 4. The minimum atomic E-state index is 0.531. The van der Waals surface area contributed by atoms with Gasteiger partial charge in [0, 0.05) is 50.3 Å². The van der Waals surface area contributed by atoms with Gasteiger partial charge in [-0.05, 0) is 25.0 Å². The molecule has 0 saturated heterocycles. The molecule has 1 aliphatic heterocycles. The number of fused-ring (bicyclic) bond motifs is 1. The summed E-state index contributed by atoms with van der Waals surface area (Å²) in [7, 11) is 2.02. The number of hydrogen-bond acceptors (Lipinski definition) is 2. The fourth-order valence-corrected chi connectivity index (χ4v) is 3.40. The lowest BCUT2D eigenvalue weighted by Gasteiger charge is -2.36. The number of hydrogen-bond donors (Lipinski definition) is 0. The molecule has 0 spiro atoms. The molecule has 0 bridgehead atoms. The highest BCUT2D eigenvalue weighted by molar-refractivity contribution is 5.19. The van der Waals surface area contributed by atoms with Crippen molar-refractivity contribution >= 4 is 0 Å². The molecule has 108 valence electrons. The number of aryl methyl sites for hydroxylation is 2. The zero-order valence-corrected chi connectivity index (χ0v) is 12.7. The first-order valence-electron chi connectivity index (χ1n) is 7.63. The Labute approximate surface area is 121 Å². The predicted octanol–water partition coefficient (Wildman–Crippen LogP) is 2.75. The smallest absolute Gasteiger partial charge is 0.0666 e. The summed E-state index contributed by atoms with van der Waals surface area (Å²) in [5.74, 6) is 0. The van der Waals surface area contributed by atoms with Crippen molar-refractivity contribution in [3.05, 3.63) is 41.5 Å². The van der Waals surface area contributed by atoms with Crippen molar-refractivity contribution in [2.24, 2.45) is 7.05 Å². The molecule has 0 N–H and O–H groups in total. The third kappa shape index (κ3) is 2.29. The molecule has 2 aromatic rings. The van der Waals surface area contributed by atoms with Crippen molar-refractivity contribution < 1.29 is 0 Å². The van der Waals surface area contributed by atoms with E-state index in [9.17, 15) is 0 Å². The third-order valence-electron chi connectivity index (χ3n) is 4.36. The van der Waals surface area contributed by atoms with Gasteiger partial charge in [-0.3, -0.25) is 9.58 Å². The predicted molar refractivity (Wildman–Crippen MR) is 80.5 cm³/mol. The van der Waals surface area contributed by atoms with Gasteiger partial charge in [0.2, 0.25) is 0 Å². The van der Waals surface area contributed by atoms with Crippen molar-refractivity contribution in [2.45, 2.75) is 45.8 Å². The Morgan fingerprint density at radius 3 is 2.90 bits per heavy atom. The Bertz CT molecular complexity index is 581. The van der Waals surface area contributed by atoms with E-state index in [4.69, 9.17) is 0 Å². The fraction of sp³-hybridized carbons (Fsp3) is 0.562. The van der Waals surface area contributed by atoms with Gasteiger partial charge in [0.1, 0.15) is 0 Å². The molecule has 3 rings (SSSR count). The second-order valence-electron chi connectivity index (χ2n) is 5.65. The van der Waals surface area contributed by atoms with Crippen molar-refractivity contribution in [2.75, 3.05) is 6.54 Å². The molecule has 0 unspecified atom stereocenters. The van der Waals surface area contributed by atoms with Crippen LogP contribution in [0, 0.1) is 0 Å². The monoisotopic (exact) mass is 272 g/mol. The van der Waals surface area contributed by atoms with E-state index in [1.54, 1.807) is 0 Å². The molecular weight excluding hydrogens is 248 g/mol. The molecule has 3 heterocycles. The van der Waals surface area contributed by atoms with Crippen LogP contribution < -0.4 is 0 Å². The summed E-state index contributed by atoms with van der Waals surface area (Å²) in [6.45, 7) is 7.70. The summed E-state index contributed by atoms with van der Waals surface area (Å²) in [6.07, 6.45) is 6.55. The van der Waals surface area contributed by atoms with Crippen molar-refractivity contribution in [3.63, 3.8) is 0 Å². The van der Waals surface area contributed by atoms with E-state index in [0.29, 0.717) is 6.04 Å². The van der Waals surface area contributed by atoms with E-state index >= 15 is 0 Å². The molecule has 0 aromatic carbocycles. The maximum atomic E-state index is 4.56. The summed E-state index contributed by atoms with van der Waals surface area (Å²) >= 11 is 0. The Kier molecular flexibility index (Phi) is 3.66. The van der Waals surface area contributed by atoms with Gasteiger partial charge in [0.25, 0.3) is 0 Å². The molecule has 1 atom stereocenters. The fourth-order valence-electron chi connectivity index (χ4n) is 3.40. The standard InChI is InChI=1S/C16H24N4/c1-4-14-13(11-18(3)17-14)12-20-10-9-19-8-6-7-16(19)15(20)5-2/h6-8,11,15H,4-5,9-10,12H2,1-3H3/t15-/m1/s1. The van der Waals surface area contributed by atoms with E-state index in [-0.39, 0.29) is 0 Å². The molecular formula is C16H24N4. The average molecular weight is 272 g/mol. The van der Waals surface area contributed by atoms with Crippen LogP contribution in [0.1, 0.15) is 43.3 Å². The Balaban J connectivity index is 1.84. The molecule has 4 heteroatoms. The van der Waals surface area contributed by atoms with E-state index < -0.39 is 0 Å². The topological polar surface area (TPSA) is 26.0 Å². The van der Waals surface area contributed by atoms with Gasteiger partial charge in [-0.1, -0.05) is 13.8 Å². The molecule has 0 saturated carbocycles. The lowest BCUT2D eigenvalue weighted by Crippen LogP contribution is -2.37. The number of aromatic nitrogens is 3. The zero-order chi connectivity index (χ0) is 14.1. The van der Waals surface area contributed by atoms with Crippen LogP contribution in [0.2, 0.25) is 0 Å². The van der Waals surface area contributed by atoms with Crippen LogP contribution in [-0.2, 0) is 26.6 Å². The van der Waals surface area contributed by atoms with Crippen LogP contribution in [0.3, 0.4) is 0 Å². The largest absolute Gasteiger partial charge is 0.349 e. The molecule has 0 fully saturated rings. The van der Waals surface area contributed by atoms with Crippen molar-refractivity contribution in [3.8, 4) is 0 Å². The minimum absolute atomic E-state index is 0.531. The highest BCUT2D eigenvalue weighted by Gasteiger charge is 2.26. The summed E-state index contributed by atoms with van der Waals surface area (Å²) in [4.78, 5) is 2.60. The first-order chi connectivity index (χ1) is 9.72. The first-order valence-corrected chi connectivity index (χ1v) is 7.63. The lowest BCUT2D eigenvalue weighted by molar-refractivity contribution is 0.144. The Morgan fingerprint density at radius 1 is 1.30 bits per heavy atom. The van der Waals surface area contributed by atoms with E-state index in [0.717, 1.165) is 32.5 Å². The van der Waals surface area contributed by atoms with Gasteiger partial charge < -0.3 is 4.57 Å². The molecule has 4 nitrogen and oxygen atoms in total. The van der Waals surface area contributed by atoms with Crippen LogP contribution in [0.15, 0.2) is 24.5 Å². The van der Waals surface area contributed by atoms with E-state index in [1.807, 2.05) is 11.7 Å². The number of nitrogens with zero attached hydrogens (tertiary/aromatic N) is 4. The molecule has 0 radical (unpaired) electrons. The second kappa shape index (κ2) is 5.44. The van der Waals surface area contributed by atoms with Crippen LogP contribution in [0.5, 0.6) is 0 Å². The van der Waals surface area contributed by atoms with E-state index in [2.05, 4.69) is 52.9 Å². The van der Waals surface area contributed by atoms with Crippen molar-refractivity contribution in [1.29, 1.82) is 0 Å². The molecule has 1 aliphatic rings. The van der Waals surface area contributed by atoms with Gasteiger partial charge in [-0.15, -0.1) is 0 Å². The summed E-state index contributed by atoms with van der Waals surface area (Å²) < 4.78 is 4.34. The van der Waals surface area contributed by atoms with Gasteiger partial charge in [-0.2, -0.15) is 5.10 Å². The zero-order valence-electron chi connectivity index (χ0n) is 12.7. The molecule has 0 aliphatic carbocycles. The van der Waals surface area contributed by atoms with E-state index in [1.165, 1.54) is 17.0 Å². The van der Waals surface area contributed by atoms with Crippen molar-refractivity contribution in [1.82, 2.24) is 19.2 Å². The van der Waals surface area contributed by atoms with Gasteiger partial charge >= 0.3 is 0 Å². The molecule has 0 amide bonds. The summed E-state index contributed by atoms with van der Waals surface area (Å²) in [5.41, 5.74) is 4.08. The Hall–Kier alpha value is -1.55. The van der Waals surface area contributed by atoms with Gasteiger partial charge in [0.05, 0.1) is 11.7 Å². The quantitative estimate of drug-likeness (QED) is 0.855. The maximum absolute atomic E-state index is 4.56. The van der Waals surface area contributed by atoms with Crippen LogP contribution in [0.4, 0.5) is 0 Å². The highest BCUT2D eigenvalue weighted by atomic mass is 15.3. The third-order valence-corrected chi connectivity index (χ3v) is 4.36. The molecule has 2 aromatic heterocycles. The first kappa shape index (κ1) is 13.4. The SMILES string of the molecule is CCc1nn(C)cc1CN1CCn2cccc2[C@H]1CC. The molecule has 20 heavy (non-hydrogen) atoms. The maximum Gasteiger partial charge on any atom is 0.0666 e. The minimum Gasteiger partial charge on any atom is -0.349 e. The average Bonchev–Trinajstić information content (AvgIpc) is 3.04. The summed E-state index contributed by atoms with van der Waals surface area (Å²) in [6, 6.07) is 4.97. The van der Waals surface area contributed by atoms with Crippen LogP contribution >= 0.6 is 0 Å². The summed E-state index contributed by atoms with van der Waals surface area (Å²) in [5, 5.41) is 4.56. The highest BCUT2D eigenvalue weighted by Crippen LogP contribution is 2.30.